The monoisotopic (exact) mass is 340 g/mol. The van der Waals surface area contributed by atoms with Crippen LogP contribution in [-0.2, 0) is 9.84 Å². The Bertz CT molecular complexity index is 922. The zero-order valence-corrected chi connectivity index (χ0v) is 13.8. The van der Waals surface area contributed by atoms with Crippen LogP contribution in [-0.4, -0.2) is 26.6 Å². The first-order chi connectivity index (χ1) is 11.5. The molecule has 0 radical (unpaired) electrons. The van der Waals surface area contributed by atoms with Crippen molar-refractivity contribution in [3.8, 4) is 5.75 Å². The Hall–Kier alpha value is -2.66. The molecule has 0 atom stereocenters. The average Bonchev–Trinajstić information content (AvgIpc) is 2.59. The first-order valence-corrected chi connectivity index (χ1v) is 9.07. The molecule has 0 saturated carbocycles. The van der Waals surface area contributed by atoms with E-state index in [4.69, 9.17) is 4.74 Å². The zero-order chi connectivity index (χ0) is 17.2. The fraction of sp³-hybridized carbons (Fsp3) is 0.105. The van der Waals surface area contributed by atoms with Gasteiger partial charge in [0.25, 0.3) is 0 Å². The number of fused-ring (bicyclic) bond motifs is 1. The van der Waals surface area contributed by atoms with Crippen molar-refractivity contribution in [2.75, 3.05) is 12.4 Å². The second-order valence-corrected chi connectivity index (χ2v) is 7.38. The molecule has 0 aliphatic carbocycles. The second kappa shape index (κ2) is 6.45. The highest BCUT2D eigenvalue weighted by atomic mass is 32.2. The quantitative estimate of drug-likeness (QED) is 0.633. The molecule has 1 aliphatic heterocycles. The molecule has 1 aliphatic rings. The summed E-state index contributed by atoms with van der Waals surface area (Å²) in [6.45, 7) is 3.99. The van der Waals surface area contributed by atoms with Gasteiger partial charge >= 0.3 is 0 Å². The van der Waals surface area contributed by atoms with Crippen molar-refractivity contribution in [1.29, 1.82) is 0 Å². The van der Waals surface area contributed by atoms with Crippen molar-refractivity contribution in [3.05, 3.63) is 77.9 Å². The van der Waals surface area contributed by atoms with Gasteiger partial charge in [0.05, 0.1) is 10.6 Å². The molecule has 0 fully saturated rings. The van der Waals surface area contributed by atoms with Crippen molar-refractivity contribution in [3.63, 3.8) is 0 Å². The summed E-state index contributed by atoms with van der Waals surface area (Å²) in [6.07, 6.45) is 3.27. The lowest BCUT2D eigenvalue weighted by Gasteiger charge is -2.17. The first-order valence-electron chi connectivity index (χ1n) is 7.42. The van der Waals surface area contributed by atoms with Crippen molar-refractivity contribution < 1.29 is 17.9 Å². The van der Waals surface area contributed by atoms with Crippen LogP contribution < -0.4 is 4.74 Å². The van der Waals surface area contributed by atoms with Crippen LogP contribution in [0.5, 0.6) is 5.75 Å². The van der Waals surface area contributed by atoms with Gasteiger partial charge in [-0.25, -0.2) is 8.42 Å². The van der Waals surface area contributed by atoms with E-state index in [-0.39, 0.29) is 27.6 Å². The van der Waals surface area contributed by atoms with Gasteiger partial charge in [0.15, 0.2) is 15.6 Å². The van der Waals surface area contributed by atoms with Gasteiger partial charge < -0.3 is 4.74 Å². The molecule has 0 aromatic heterocycles. The topological polar surface area (TPSA) is 60.4 Å². The Morgan fingerprint density at radius 3 is 2.50 bits per heavy atom. The number of ketones is 1. The fourth-order valence-electron chi connectivity index (χ4n) is 2.57. The first kappa shape index (κ1) is 16.2. The highest BCUT2D eigenvalue weighted by Gasteiger charge is 2.32. The van der Waals surface area contributed by atoms with E-state index in [1.54, 1.807) is 54.6 Å². The number of sulfone groups is 1. The maximum Gasteiger partial charge on any atom is 0.191 e. The molecule has 2 aromatic rings. The van der Waals surface area contributed by atoms with E-state index in [1.165, 1.54) is 6.07 Å². The van der Waals surface area contributed by atoms with Gasteiger partial charge in [-0.05, 0) is 35.9 Å². The average molecular weight is 340 g/mol. The van der Waals surface area contributed by atoms with Gasteiger partial charge in [-0.15, -0.1) is 0 Å². The summed E-state index contributed by atoms with van der Waals surface area (Å²) in [5.41, 5.74) is 1.26. The lowest BCUT2D eigenvalue weighted by molar-refractivity contribution is 0.103. The maximum atomic E-state index is 12.5. The minimum Gasteiger partial charge on any atom is -0.490 e. The normalized spacial score (nSPS) is 17.3. The van der Waals surface area contributed by atoms with Crippen LogP contribution in [0, 0.1) is 0 Å². The molecule has 1 heterocycles. The lowest BCUT2D eigenvalue weighted by atomic mass is 10.0. The molecule has 2 aromatic carbocycles. The van der Waals surface area contributed by atoms with Crippen molar-refractivity contribution >= 4 is 21.7 Å². The number of ether oxygens (including phenoxy) is 1. The number of benzene rings is 2. The van der Waals surface area contributed by atoms with Crippen molar-refractivity contribution in [2.45, 2.75) is 4.90 Å². The van der Waals surface area contributed by atoms with Gasteiger partial charge in [0, 0.05) is 11.1 Å². The molecule has 0 spiro atoms. The number of carbonyl (C=O) groups is 1. The Kier molecular flexibility index (Phi) is 4.36. The van der Waals surface area contributed by atoms with Gasteiger partial charge in [-0.3, -0.25) is 4.79 Å². The van der Waals surface area contributed by atoms with Crippen molar-refractivity contribution in [2.24, 2.45) is 0 Å². The van der Waals surface area contributed by atoms with Crippen LogP contribution in [0.4, 0.5) is 0 Å². The SMILES string of the molecule is C=CCOc1ccc(/C=C2\CS(=O)(=O)c3ccccc3C2=O)cc1. The van der Waals surface area contributed by atoms with E-state index < -0.39 is 9.84 Å². The standard InChI is InChI=1S/C19H16O4S/c1-2-11-23-16-9-7-14(8-10-16)12-15-13-24(21,22)18-6-4-3-5-17(18)19(15)20/h2-10,12H,1,11,13H2/b15-12+. The largest absolute Gasteiger partial charge is 0.490 e. The Morgan fingerprint density at radius 1 is 1.08 bits per heavy atom. The van der Waals surface area contributed by atoms with E-state index >= 15 is 0 Å². The van der Waals surface area contributed by atoms with E-state index in [2.05, 4.69) is 6.58 Å². The second-order valence-electron chi connectivity index (χ2n) is 5.42. The maximum absolute atomic E-state index is 12.5. The molecule has 0 N–H and O–H groups in total. The Labute approximate surface area is 141 Å². The number of carbonyl (C=O) groups excluding carboxylic acids is 1. The van der Waals surface area contributed by atoms with Crippen LogP contribution in [0.2, 0.25) is 0 Å². The number of hydrogen-bond acceptors (Lipinski definition) is 4. The van der Waals surface area contributed by atoms with Crippen LogP contribution >= 0.6 is 0 Å². The summed E-state index contributed by atoms with van der Waals surface area (Å²) >= 11 is 0. The zero-order valence-electron chi connectivity index (χ0n) is 12.9. The van der Waals surface area contributed by atoms with Crippen LogP contribution in [0.15, 0.2) is 71.7 Å². The summed E-state index contributed by atoms with van der Waals surface area (Å²) < 4.78 is 30.1. The third kappa shape index (κ3) is 3.16. The third-order valence-electron chi connectivity index (χ3n) is 3.69. The molecule has 4 nitrogen and oxygen atoms in total. The highest BCUT2D eigenvalue weighted by molar-refractivity contribution is 7.91. The smallest absolute Gasteiger partial charge is 0.191 e. The molecular weight excluding hydrogens is 324 g/mol. The summed E-state index contributed by atoms with van der Waals surface area (Å²) in [5, 5.41) is 0. The minimum atomic E-state index is -3.49. The Morgan fingerprint density at radius 2 is 1.79 bits per heavy atom. The number of hydrogen-bond donors (Lipinski definition) is 0. The summed E-state index contributed by atoms with van der Waals surface area (Å²) in [6, 6.07) is 13.4. The van der Waals surface area contributed by atoms with E-state index in [9.17, 15) is 13.2 Å². The minimum absolute atomic E-state index is 0.111. The summed E-state index contributed by atoms with van der Waals surface area (Å²) in [4.78, 5) is 12.7. The number of rotatable bonds is 4. The molecular formula is C19H16O4S. The van der Waals surface area contributed by atoms with Crippen LogP contribution in [0.1, 0.15) is 15.9 Å². The number of Topliss-reactive ketones (excluding diaryl/α,β-unsaturated/α-hetero) is 1. The Balaban J connectivity index is 1.94. The van der Waals surface area contributed by atoms with Gasteiger partial charge in [0.1, 0.15) is 12.4 Å². The lowest BCUT2D eigenvalue weighted by Crippen LogP contribution is -2.24. The van der Waals surface area contributed by atoms with Gasteiger partial charge in [-0.1, -0.05) is 36.9 Å². The molecule has 24 heavy (non-hydrogen) atoms. The van der Waals surface area contributed by atoms with Crippen LogP contribution in [0.3, 0.4) is 0 Å². The molecule has 5 heteroatoms. The molecule has 0 bridgehead atoms. The van der Waals surface area contributed by atoms with Crippen LogP contribution in [0.25, 0.3) is 6.08 Å². The predicted molar refractivity (Wildman–Crippen MR) is 92.9 cm³/mol. The van der Waals surface area contributed by atoms with Gasteiger partial charge in [-0.2, -0.15) is 0 Å². The summed E-state index contributed by atoms with van der Waals surface area (Å²) in [7, 11) is -3.49. The molecule has 3 rings (SSSR count). The summed E-state index contributed by atoms with van der Waals surface area (Å²) in [5.74, 6) is 0.162. The van der Waals surface area contributed by atoms with E-state index in [0.717, 1.165) is 5.56 Å². The predicted octanol–water partition coefficient (Wildman–Crippen LogP) is 3.31. The van der Waals surface area contributed by atoms with E-state index in [1.807, 2.05) is 0 Å². The fourth-order valence-corrected chi connectivity index (χ4v) is 4.13. The molecule has 122 valence electrons. The molecule has 0 saturated heterocycles. The van der Waals surface area contributed by atoms with Gasteiger partial charge in [0.2, 0.25) is 0 Å². The highest BCUT2D eigenvalue weighted by Crippen LogP contribution is 2.29. The third-order valence-corrected chi connectivity index (χ3v) is 5.41. The van der Waals surface area contributed by atoms with Crippen molar-refractivity contribution in [1.82, 2.24) is 0 Å². The molecule has 0 unspecified atom stereocenters. The van der Waals surface area contributed by atoms with E-state index in [0.29, 0.717) is 12.4 Å². The molecule has 0 amide bonds.